The average molecular weight is 452 g/mol. The summed E-state index contributed by atoms with van der Waals surface area (Å²) in [5, 5.41) is 3.77. The minimum Gasteiger partial charge on any atom is -0.326 e. The van der Waals surface area contributed by atoms with Gasteiger partial charge >= 0.3 is 0 Å². The fourth-order valence-corrected chi connectivity index (χ4v) is 6.64. The quantitative estimate of drug-likeness (QED) is 0.503. The van der Waals surface area contributed by atoms with Gasteiger partial charge in [0.05, 0.1) is 0 Å². The maximum absolute atomic E-state index is 14.2. The molecular weight excluding hydrogens is 421 g/mol. The molecule has 0 heterocycles. The molecule has 3 aliphatic rings. The van der Waals surface area contributed by atoms with Gasteiger partial charge in [-0.1, -0.05) is 30.7 Å². The third-order valence-electron chi connectivity index (χ3n) is 8.17. The summed E-state index contributed by atoms with van der Waals surface area (Å²) in [6.07, 6.45) is 9.82. The van der Waals surface area contributed by atoms with Crippen LogP contribution in [0.15, 0.2) is 48.5 Å². The van der Waals surface area contributed by atoms with Crippen LogP contribution in [0, 0.1) is 29.5 Å². The molecular formula is C28H31ClFNO. The van der Waals surface area contributed by atoms with E-state index in [2.05, 4.69) is 18.3 Å². The van der Waals surface area contributed by atoms with E-state index in [4.69, 9.17) is 11.6 Å². The van der Waals surface area contributed by atoms with Gasteiger partial charge in [0, 0.05) is 16.6 Å². The molecule has 2 bridgehead atoms. The van der Waals surface area contributed by atoms with Gasteiger partial charge in [-0.25, -0.2) is 4.39 Å². The van der Waals surface area contributed by atoms with E-state index >= 15 is 0 Å². The average Bonchev–Trinajstić information content (AvgIpc) is 2.80. The fraction of sp³-hybridized carbons (Fsp3) is 0.464. The minimum atomic E-state index is -0.136. The molecule has 1 amide bonds. The van der Waals surface area contributed by atoms with Gasteiger partial charge in [-0.2, -0.15) is 0 Å². The molecule has 0 aromatic heterocycles. The summed E-state index contributed by atoms with van der Waals surface area (Å²) < 4.78 is 14.2. The summed E-state index contributed by atoms with van der Waals surface area (Å²) in [6.45, 7) is 2.22. The van der Waals surface area contributed by atoms with Crippen molar-refractivity contribution < 1.29 is 9.18 Å². The van der Waals surface area contributed by atoms with E-state index in [0.29, 0.717) is 28.7 Å². The molecule has 0 aliphatic heterocycles. The largest absolute Gasteiger partial charge is 0.326 e. The second-order valence-electron chi connectivity index (χ2n) is 9.85. The number of anilines is 1. The molecule has 2 saturated carbocycles. The van der Waals surface area contributed by atoms with Gasteiger partial charge in [-0.05, 0) is 122 Å². The number of amides is 1. The van der Waals surface area contributed by atoms with E-state index in [-0.39, 0.29) is 17.6 Å². The number of rotatable bonds is 4. The Bertz CT molecular complexity index is 1030. The predicted octanol–water partition coefficient (Wildman–Crippen LogP) is 7.84. The molecule has 2 aromatic carbocycles. The number of nitrogens with one attached hydrogen (secondary N) is 1. The monoisotopic (exact) mass is 451 g/mol. The highest BCUT2D eigenvalue weighted by Crippen LogP contribution is 2.52. The number of carbonyl (C=O) groups excluding carboxylic acids is 1. The van der Waals surface area contributed by atoms with E-state index in [1.54, 1.807) is 24.3 Å². The Morgan fingerprint density at radius 3 is 2.62 bits per heavy atom. The predicted molar refractivity (Wildman–Crippen MR) is 129 cm³/mol. The molecule has 2 nitrogen and oxygen atoms in total. The van der Waals surface area contributed by atoms with Crippen LogP contribution in [0.4, 0.5) is 10.1 Å². The van der Waals surface area contributed by atoms with E-state index in [1.165, 1.54) is 11.1 Å². The Morgan fingerprint density at radius 1 is 1.06 bits per heavy atom. The molecule has 0 radical (unpaired) electrons. The van der Waals surface area contributed by atoms with Crippen molar-refractivity contribution in [3.05, 3.63) is 70.5 Å². The highest BCUT2D eigenvalue weighted by molar-refractivity contribution is 6.30. The number of hydrogen-bond acceptors (Lipinski definition) is 1. The van der Waals surface area contributed by atoms with Crippen LogP contribution in [0.25, 0.3) is 5.57 Å². The van der Waals surface area contributed by atoms with Gasteiger partial charge in [-0.15, -0.1) is 0 Å². The van der Waals surface area contributed by atoms with Gasteiger partial charge in [-0.3, -0.25) is 4.79 Å². The third-order valence-corrected chi connectivity index (χ3v) is 8.42. The fourth-order valence-electron chi connectivity index (χ4n) is 6.52. The molecule has 168 valence electrons. The Morgan fingerprint density at radius 2 is 1.84 bits per heavy atom. The first-order valence-corrected chi connectivity index (χ1v) is 12.5. The molecule has 2 fully saturated rings. The lowest BCUT2D eigenvalue weighted by molar-refractivity contribution is -0.124. The molecule has 0 saturated heterocycles. The zero-order chi connectivity index (χ0) is 22.2. The van der Waals surface area contributed by atoms with Crippen LogP contribution < -0.4 is 5.32 Å². The molecule has 3 aliphatic carbocycles. The molecule has 32 heavy (non-hydrogen) atoms. The van der Waals surface area contributed by atoms with Crippen LogP contribution >= 0.6 is 11.6 Å². The van der Waals surface area contributed by atoms with Crippen molar-refractivity contribution in [3.63, 3.8) is 0 Å². The summed E-state index contributed by atoms with van der Waals surface area (Å²) in [4.78, 5) is 13.0. The van der Waals surface area contributed by atoms with Crippen molar-refractivity contribution >= 4 is 28.8 Å². The zero-order valence-corrected chi connectivity index (χ0v) is 19.4. The Kier molecular flexibility index (Phi) is 6.11. The van der Waals surface area contributed by atoms with Crippen LogP contribution in [-0.4, -0.2) is 5.91 Å². The van der Waals surface area contributed by atoms with Crippen molar-refractivity contribution in [2.45, 2.75) is 57.8 Å². The van der Waals surface area contributed by atoms with Gasteiger partial charge in [0.1, 0.15) is 5.82 Å². The summed E-state index contributed by atoms with van der Waals surface area (Å²) in [6, 6.07) is 12.7. The van der Waals surface area contributed by atoms with Gasteiger partial charge in [0.2, 0.25) is 5.91 Å². The second kappa shape index (κ2) is 9.02. The van der Waals surface area contributed by atoms with E-state index in [1.807, 2.05) is 18.2 Å². The molecule has 2 aromatic rings. The first kappa shape index (κ1) is 21.7. The topological polar surface area (TPSA) is 29.1 Å². The van der Waals surface area contributed by atoms with Crippen LogP contribution in [-0.2, 0) is 4.79 Å². The number of carbonyl (C=O) groups is 1. The summed E-state index contributed by atoms with van der Waals surface area (Å²) in [7, 11) is 0. The number of halogens is 2. The molecule has 0 spiro atoms. The Labute approximate surface area is 195 Å². The third kappa shape index (κ3) is 4.12. The van der Waals surface area contributed by atoms with Crippen molar-refractivity contribution in [2.75, 3.05) is 5.32 Å². The van der Waals surface area contributed by atoms with Crippen molar-refractivity contribution in [3.8, 4) is 0 Å². The summed E-state index contributed by atoms with van der Waals surface area (Å²) >= 11 is 5.96. The molecule has 4 heteroatoms. The van der Waals surface area contributed by atoms with E-state index in [0.717, 1.165) is 56.2 Å². The van der Waals surface area contributed by atoms with Crippen LogP contribution in [0.2, 0.25) is 5.02 Å². The molecule has 1 unspecified atom stereocenters. The number of fused-ring (bicyclic) bond motifs is 3. The van der Waals surface area contributed by atoms with Crippen molar-refractivity contribution in [1.29, 1.82) is 0 Å². The van der Waals surface area contributed by atoms with Crippen molar-refractivity contribution in [2.24, 2.45) is 23.7 Å². The minimum absolute atomic E-state index is 0.0809. The number of benzene rings is 2. The molecule has 5 atom stereocenters. The maximum atomic E-state index is 14.2. The van der Waals surface area contributed by atoms with Crippen LogP contribution in [0.5, 0.6) is 0 Å². The lowest BCUT2D eigenvalue weighted by atomic mass is 9.59. The van der Waals surface area contributed by atoms with Crippen LogP contribution in [0.3, 0.4) is 0 Å². The SMILES string of the molecule is CCC1CC=C([C@@H]2CC[C@@H]3C[C@H]2CC[C@@H]3C(=O)Nc2ccc(Cl)cc2)c2cc(F)ccc21. The normalized spacial score (nSPS) is 29.1. The van der Waals surface area contributed by atoms with E-state index in [9.17, 15) is 9.18 Å². The lowest BCUT2D eigenvalue weighted by Gasteiger charge is -2.45. The summed E-state index contributed by atoms with van der Waals surface area (Å²) in [5.41, 5.74) is 4.65. The molecule has 1 N–H and O–H groups in total. The second-order valence-corrected chi connectivity index (χ2v) is 10.3. The maximum Gasteiger partial charge on any atom is 0.227 e. The summed E-state index contributed by atoms with van der Waals surface area (Å²) in [5.74, 6) is 2.11. The smallest absolute Gasteiger partial charge is 0.227 e. The standard InChI is InChI=1S/C28H31ClFNO/c1-2-17-3-13-26(27-16-21(30)8-14-23(17)27)24-11-4-19-15-18(24)5-12-25(19)28(32)31-22-9-6-20(29)7-10-22/h6-10,13-14,16-19,24-25H,2-5,11-12,15H2,1H3,(H,31,32)/t17?,18-,19-,24-,25+/m1/s1. The van der Waals surface area contributed by atoms with Gasteiger partial charge in [0.15, 0.2) is 0 Å². The van der Waals surface area contributed by atoms with Crippen molar-refractivity contribution in [1.82, 2.24) is 0 Å². The molecule has 5 rings (SSSR count). The Hall–Kier alpha value is -2.13. The van der Waals surface area contributed by atoms with Crippen LogP contribution in [0.1, 0.15) is 68.9 Å². The number of hydrogen-bond donors (Lipinski definition) is 1. The highest BCUT2D eigenvalue weighted by Gasteiger charge is 2.43. The van der Waals surface area contributed by atoms with Gasteiger partial charge < -0.3 is 5.32 Å². The first-order valence-electron chi connectivity index (χ1n) is 12.1. The first-order chi connectivity index (χ1) is 15.5. The highest BCUT2D eigenvalue weighted by atomic mass is 35.5. The number of allylic oxidation sites excluding steroid dienone is 2. The van der Waals surface area contributed by atoms with E-state index < -0.39 is 0 Å². The lowest BCUT2D eigenvalue weighted by Crippen LogP contribution is -2.40. The Balaban J connectivity index is 1.30. The zero-order valence-electron chi connectivity index (χ0n) is 18.6. The van der Waals surface area contributed by atoms with Gasteiger partial charge in [0.25, 0.3) is 0 Å².